The maximum absolute atomic E-state index is 12.2. The number of sulfone groups is 1. The van der Waals surface area contributed by atoms with Crippen molar-refractivity contribution in [3.8, 4) is 0 Å². The molecule has 5 nitrogen and oxygen atoms in total. The normalized spacial score (nSPS) is 13.8. The van der Waals surface area contributed by atoms with Crippen LogP contribution in [-0.4, -0.2) is 38.0 Å². The van der Waals surface area contributed by atoms with E-state index in [0.29, 0.717) is 5.96 Å². The van der Waals surface area contributed by atoms with Gasteiger partial charge in [-0.15, -0.1) is 24.0 Å². The van der Waals surface area contributed by atoms with Crippen LogP contribution in [0.3, 0.4) is 0 Å². The molecular weight excluding hydrogens is 449 g/mol. The maximum atomic E-state index is 12.2. The number of halogens is 1. The molecule has 1 atom stereocenters. The second-order valence-electron chi connectivity index (χ2n) is 6.91. The predicted molar refractivity (Wildman–Crippen MR) is 118 cm³/mol. The summed E-state index contributed by atoms with van der Waals surface area (Å²) in [5.74, 6) is 0.684. The van der Waals surface area contributed by atoms with Crippen LogP contribution in [0.1, 0.15) is 51.8 Å². The Bertz CT molecular complexity index is 667. The number of benzene rings is 1. The van der Waals surface area contributed by atoms with Gasteiger partial charge in [0.15, 0.2) is 15.8 Å². The van der Waals surface area contributed by atoms with Crippen LogP contribution in [0.2, 0.25) is 0 Å². The van der Waals surface area contributed by atoms with Crippen molar-refractivity contribution in [3.63, 3.8) is 0 Å². The first-order valence-corrected chi connectivity index (χ1v) is 10.1. The summed E-state index contributed by atoms with van der Waals surface area (Å²) in [6, 6.07) is 8.28. The van der Waals surface area contributed by atoms with E-state index in [0.717, 1.165) is 6.54 Å². The van der Waals surface area contributed by atoms with Gasteiger partial charge in [-0.1, -0.05) is 24.3 Å². The molecule has 0 aliphatic rings. The first-order valence-electron chi connectivity index (χ1n) is 8.41. The highest BCUT2D eigenvalue weighted by Crippen LogP contribution is 2.17. The lowest BCUT2D eigenvalue weighted by Crippen LogP contribution is -2.39. The van der Waals surface area contributed by atoms with Gasteiger partial charge in [0.25, 0.3) is 0 Å². The fourth-order valence-corrected chi connectivity index (χ4v) is 3.20. The smallest absolute Gasteiger partial charge is 0.191 e. The Balaban J connectivity index is 0.00000576. The van der Waals surface area contributed by atoms with Crippen LogP contribution in [0, 0.1) is 6.92 Å². The Hall–Kier alpha value is -0.830. The fraction of sp³-hybridized carbons (Fsp3) is 0.611. The summed E-state index contributed by atoms with van der Waals surface area (Å²) < 4.78 is 23.6. The quantitative estimate of drug-likeness (QED) is 0.371. The molecule has 0 saturated heterocycles. The Labute approximate surface area is 170 Å². The van der Waals surface area contributed by atoms with Crippen molar-refractivity contribution >= 4 is 39.8 Å². The number of aliphatic imine (C=N–C) groups is 1. The third kappa shape index (κ3) is 7.52. The van der Waals surface area contributed by atoms with Gasteiger partial charge in [0.05, 0.1) is 23.1 Å². The van der Waals surface area contributed by atoms with Gasteiger partial charge in [-0.25, -0.2) is 8.42 Å². The SMILES string of the molecule is CCNC(=NCCS(=O)(=O)C(C)(C)C)NC(C)c1ccccc1C.I. The lowest BCUT2D eigenvalue weighted by atomic mass is 10.0. The van der Waals surface area contributed by atoms with Gasteiger partial charge in [0.2, 0.25) is 0 Å². The molecule has 25 heavy (non-hydrogen) atoms. The monoisotopic (exact) mass is 481 g/mol. The molecule has 0 fully saturated rings. The van der Waals surface area contributed by atoms with Gasteiger partial charge in [-0.05, 0) is 52.7 Å². The van der Waals surface area contributed by atoms with E-state index in [-0.39, 0.29) is 42.3 Å². The molecule has 7 heteroatoms. The standard InChI is InChI=1S/C18H31N3O2S.HI/c1-7-19-17(20-12-13-24(22,23)18(4,5)6)21-15(3)16-11-9-8-10-14(16)2;/h8-11,15H,7,12-13H2,1-6H3,(H2,19,20,21);1H. The van der Waals surface area contributed by atoms with Crippen molar-refractivity contribution in [1.29, 1.82) is 0 Å². The van der Waals surface area contributed by atoms with Crippen molar-refractivity contribution in [2.24, 2.45) is 4.99 Å². The first-order chi connectivity index (χ1) is 11.1. The molecule has 0 aromatic heterocycles. The number of nitrogens with zero attached hydrogens (tertiary/aromatic N) is 1. The molecule has 1 aromatic rings. The van der Waals surface area contributed by atoms with E-state index in [4.69, 9.17) is 0 Å². The summed E-state index contributed by atoms with van der Waals surface area (Å²) in [7, 11) is -3.16. The van der Waals surface area contributed by atoms with Crippen LogP contribution in [-0.2, 0) is 9.84 Å². The van der Waals surface area contributed by atoms with Crippen LogP contribution < -0.4 is 10.6 Å². The molecule has 0 aliphatic heterocycles. The summed E-state index contributed by atoms with van der Waals surface area (Å²) in [4.78, 5) is 4.42. The van der Waals surface area contributed by atoms with Crippen LogP contribution in [0.5, 0.6) is 0 Å². The molecule has 0 aliphatic carbocycles. The van der Waals surface area contributed by atoms with E-state index < -0.39 is 14.6 Å². The van der Waals surface area contributed by atoms with Crippen LogP contribution >= 0.6 is 24.0 Å². The molecule has 0 saturated carbocycles. The van der Waals surface area contributed by atoms with Crippen molar-refractivity contribution in [3.05, 3.63) is 35.4 Å². The van der Waals surface area contributed by atoms with Gasteiger partial charge in [0, 0.05) is 6.54 Å². The topological polar surface area (TPSA) is 70.6 Å². The number of hydrogen-bond acceptors (Lipinski definition) is 3. The average Bonchev–Trinajstić information content (AvgIpc) is 2.46. The number of rotatable bonds is 6. The van der Waals surface area contributed by atoms with Crippen molar-refractivity contribution in [1.82, 2.24) is 10.6 Å². The van der Waals surface area contributed by atoms with Crippen LogP contribution in [0.4, 0.5) is 0 Å². The zero-order valence-electron chi connectivity index (χ0n) is 16.1. The minimum atomic E-state index is -3.16. The lowest BCUT2D eigenvalue weighted by molar-refractivity contribution is 0.560. The molecule has 0 heterocycles. The third-order valence-corrected chi connectivity index (χ3v) is 6.50. The Morgan fingerprint density at radius 3 is 2.36 bits per heavy atom. The predicted octanol–water partition coefficient (Wildman–Crippen LogP) is 3.44. The molecule has 144 valence electrons. The van der Waals surface area contributed by atoms with Gasteiger partial charge in [-0.3, -0.25) is 4.99 Å². The molecule has 0 bridgehead atoms. The van der Waals surface area contributed by atoms with E-state index in [1.807, 2.05) is 19.1 Å². The number of hydrogen-bond donors (Lipinski definition) is 2. The number of nitrogens with one attached hydrogen (secondary N) is 2. The van der Waals surface area contributed by atoms with E-state index in [1.54, 1.807) is 20.8 Å². The highest BCUT2D eigenvalue weighted by Gasteiger charge is 2.28. The molecule has 1 rings (SSSR count). The van der Waals surface area contributed by atoms with Crippen molar-refractivity contribution in [2.75, 3.05) is 18.8 Å². The van der Waals surface area contributed by atoms with Gasteiger partial charge in [0.1, 0.15) is 0 Å². The Kier molecular flexibility index (Phi) is 10.0. The number of aryl methyl sites for hydroxylation is 1. The first kappa shape index (κ1) is 24.2. The second kappa shape index (κ2) is 10.4. The molecule has 1 unspecified atom stereocenters. The third-order valence-electron chi connectivity index (χ3n) is 3.92. The zero-order valence-corrected chi connectivity index (χ0v) is 19.2. The van der Waals surface area contributed by atoms with Crippen molar-refractivity contribution in [2.45, 2.75) is 52.3 Å². The summed E-state index contributed by atoms with van der Waals surface area (Å²) in [5, 5.41) is 6.52. The van der Waals surface area contributed by atoms with Gasteiger partial charge in [-0.2, -0.15) is 0 Å². The van der Waals surface area contributed by atoms with Crippen LogP contribution in [0.15, 0.2) is 29.3 Å². The minimum Gasteiger partial charge on any atom is -0.357 e. The molecule has 0 radical (unpaired) electrons. The molecule has 0 amide bonds. The molecular formula is C18H32IN3O2S. The number of guanidine groups is 1. The average molecular weight is 481 g/mol. The Morgan fingerprint density at radius 1 is 1.24 bits per heavy atom. The molecule has 0 spiro atoms. The summed E-state index contributed by atoms with van der Waals surface area (Å²) in [5.41, 5.74) is 2.41. The fourth-order valence-electron chi connectivity index (χ4n) is 2.26. The largest absolute Gasteiger partial charge is 0.357 e. The van der Waals surface area contributed by atoms with Gasteiger partial charge >= 0.3 is 0 Å². The van der Waals surface area contributed by atoms with E-state index in [2.05, 4.69) is 41.6 Å². The van der Waals surface area contributed by atoms with Gasteiger partial charge < -0.3 is 10.6 Å². The van der Waals surface area contributed by atoms with Crippen molar-refractivity contribution < 1.29 is 8.42 Å². The zero-order chi connectivity index (χ0) is 18.4. The summed E-state index contributed by atoms with van der Waals surface area (Å²) >= 11 is 0. The summed E-state index contributed by atoms with van der Waals surface area (Å²) in [6.07, 6.45) is 0. The highest BCUT2D eigenvalue weighted by molar-refractivity contribution is 14.0. The lowest BCUT2D eigenvalue weighted by Gasteiger charge is -2.21. The van der Waals surface area contributed by atoms with E-state index in [9.17, 15) is 8.42 Å². The maximum Gasteiger partial charge on any atom is 0.191 e. The second-order valence-corrected chi connectivity index (χ2v) is 9.78. The summed E-state index contributed by atoms with van der Waals surface area (Å²) in [6.45, 7) is 12.3. The molecule has 2 N–H and O–H groups in total. The van der Waals surface area contributed by atoms with E-state index in [1.165, 1.54) is 11.1 Å². The minimum absolute atomic E-state index is 0. The molecule has 1 aromatic carbocycles. The van der Waals surface area contributed by atoms with Crippen LogP contribution in [0.25, 0.3) is 0 Å². The Morgan fingerprint density at radius 2 is 1.84 bits per heavy atom. The van der Waals surface area contributed by atoms with E-state index >= 15 is 0 Å². The highest BCUT2D eigenvalue weighted by atomic mass is 127.